The monoisotopic (exact) mass is 226 g/mol. The van der Waals surface area contributed by atoms with E-state index in [2.05, 4.69) is 9.88 Å². The molecule has 1 heterocycles. The third-order valence-corrected chi connectivity index (χ3v) is 3.16. The summed E-state index contributed by atoms with van der Waals surface area (Å²) < 4.78 is 0. The van der Waals surface area contributed by atoms with Crippen LogP contribution in [0.3, 0.4) is 0 Å². The Morgan fingerprint density at radius 2 is 2.33 bits per heavy atom. The van der Waals surface area contributed by atoms with Crippen LogP contribution < -0.4 is 4.90 Å². The fraction of sp³-hybridized carbons (Fsp3) is 0.545. The van der Waals surface area contributed by atoms with Gasteiger partial charge in [-0.25, -0.2) is 4.98 Å². The first-order valence-corrected chi connectivity index (χ1v) is 5.68. The van der Waals surface area contributed by atoms with Crippen LogP contribution in [-0.2, 0) is 0 Å². The van der Waals surface area contributed by atoms with Gasteiger partial charge in [0.05, 0.1) is 11.6 Å². The molecule has 1 aromatic heterocycles. The van der Waals surface area contributed by atoms with E-state index in [4.69, 9.17) is 16.7 Å². The number of pyridine rings is 1. The molecule has 0 radical (unpaired) electrons. The van der Waals surface area contributed by atoms with Gasteiger partial charge in [-0.05, 0) is 31.4 Å². The van der Waals surface area contributed by atoms with Crippen LogP contribution >= 0.6 is 11.6 Å². The molecule has 0 amide bonds. The molecule has 15 heavy (non-hydrogen) atoms. The maximum Gasteiger partial charge on any atom is 0.147 e. The second-order valence-electron chi connectivity index (χ2n) is 3.81. The van der Waals surface area contributed by atoms with Crippen molar-refractivity contribution in [1.29, 1.82) is 0 Å². The lowest BCUT2D eigenvalue weighted by Gasteiger charge is -2.38. The summed E-state index contributed by atoms with van der Waals surface area (Å²) in [7, 11) is 0. The average Bonchev–Trinajstić information content (AvgIpc) is 2.15. The highest BCUT2D eigenvalue weighted by Gasteiger charge is 2.26. The molecule has 0 aromatic carbocycles. The van der Waals surface area contributed by atoms with E-state index in [0.717, 1.165) is 5.82 Å². The van der Waals surface area contributed by atoms with Gasteiger partial charge in [0.25, 0.3) is 0 Å². The van der Waals surface area contributed by atoms with Gasteiger partial charge in [-0.2, -0.15) is 0 Å². The summed E-state index contributed by atoms with van der Waals surface area (Å²) in [5.41, 5.74) is 0. The van der Waals surface area contributed by atoms with Crippen LogP contribution in [0.4, 0.5) is 5.82 Å². The van der Waals surface area contributed by atoms with Crippen molar-refractivity contribution in [3.8, 4) is 0 Å². The highest BCUT2D eigenvalue weighted by Crippen LogP contribution is 2.31. The van der Waals surface area contributed by atoms with Gasteiger partial charge in [-0.15, -0.1) is 0 Å². The van der Waals surface area contributed by atoms with Crippen molar-refractivity contribution < 1.29 is 5.11 Å². The summed E-state index contributed by atoms with van der Waals surface area (Å²) in [6.07, 6.45) is 5.35. The Morgan fingerprint density at radius 3 is 2.87 bits per heavy atom. The highest BCUT2D eigenvalue weighted by molar-refractivity contribution is 6.32. The van der Waals surface area contributed by atoms with E-state index >= 15 is 0 Å². The zero-order chi connectivity index (χ0) is 10.7. The van der Waals surface area contributed by atoms with Gasteiger partial charge in [0.2, 0.25) is 0 Å². The van der Waals surface area contributed by atoms with Crippen molar-refractivity contribution in [3.63, 3.8) is 0 Å². The quantitative estimate of drug-likeness (QED) is 0.854. The summed E-state index contributed by atoms with van der Waals surface area (Å²) in [6.45, 7) is 0.755. The fourth-order valence-corrected chi connectivity index (χ4v) is 2.09. The highest BCUT2D eigenvalue weighted by atomic mass is 35.5. The zero-order valence-electron chi connectivity index (χ0n) is 8.56. The Bertz CT molecular complexity index is 328. The number of hydrogen-bond donors (Lipinski definition) is 1. The molecule has 1 aliphatic rings. The van der Waals surface area contributed by atoms with Crippen molar-refractivity contribution in [2.45, 2.75) is 25.3 Å². The third-order valence-electron chi connectivity index (χ3n) is 2.87. The van der Waals surface area contributed by atoms with E-state index in [0.29, 0.717) is 17.6 Å². The fourth-order valence-electron chi connectivity index (χ4n) is 1.86. The lowest BCUT2D eigenvalue weighted by Crippen LogP contribution is -2.42. The molecular weight excluding hydrogens is 212 g/mol. The van der Waals surface area contributed by atoms with Gasteiger partial charge in [-0.3, -0.25) is 0 Å². The number of nitrogens with zero attached hydrogens (tertiary/aromatic N) is 2. The van der Waals surface area contributed by atoms with Crippen LogP contribution in [0.15, 0.2) is 18.3 Å². The zero-order valence-corrected chi connectivity index (χ0v) is 9.32. The first-order valence-electron chi connectivity index (χ1n) is 5.31. The van der Waals surface area contributed by atoms with Crippen LogP contribution in [-0.4, -0.2) is 29.3 Å². The van der Waals surface area contributed by atoms with Crippen molar-refractivity contribution >= 4 is 17.4 Å². The first-order chi connectivity index (χ1) is 7.33. The predicted molar refractivity (Wildman–Crippen MR) is 61.3 cm³/mol. The van der Waals surface area contributed by atoms with E-state index in [1.807, 2.05) is 12.1 Å². The number of aliphatic hydroxyl groups is 1. The summed E-state index contributed by atoms with van der Waals surface area (Å²) in [5, 5.41) is 9.71. The molecule has 0 bridgehead atoms. The summed E-state index contributed by atoms with van der Waals surface area (Å²) in [6, 6.07) is 4.17. The normalized spacial score (nSPS) is 16.1. The van der Waals surface area contributed by atoms with Crippen LogP contribution in [0.25, 0.3) is 0 Å². The molecule has 1 aromatic rings. The van der Waals surface area contributed by atoms with Gasteiger partial charge in [0.15, 0.2) is 0 Å². The number of aliphatic hydroxyl groups excluding tert-OH is 1. The van der Waals surface area contributed by atoms with Crippen LogP contribution in [0.1, 0.15) is 19.3 Å². The molecule has 4 heteroatoms. The number of anilines is 1. The summed E-state index contributed by atoms with van der Waals surface area (Å²) in [4.78, 5) is 6.40. The van der Waals surface area contributed by atoms with Crippen molar-refractivity contribution in [1.82, 2.24) is 4.98 Å². The lowest BCUT2D eigenvalue weighted by atomic mass is 9.91. The molecule has 1 N–H and O–H groups in total. The third kappa shape index (κ3) is 2.24. The van der Waals surface area contributed by atoms with E-state index in [1.165, 1.54) is 19.3 Å². The SMILES string of the molecule is OCCN(c1ncccc1Cl)C1CCC1. The van der Waals surface area contributed by atoms with Crippen molar-refractivity contribution in [2.24, 2.45) is 0 Å². The van der Waals surface area contributed by atoms with E-state index in [9.17, 15) is 0 Å². The molecule has 0 spiro atoms. The van der Waals surface area contributed by atoms with Crippen LogP contribution in [0, 0.1) is 0 Å². The Kier molecular flexibility index (Phi) is 3.44. The van der Waals surface area contributed by atoms with E-state index in [1.54, 1.807) is 6.20 Å². The van der Waals surface area contributed by atoms with E-state index in [-0.39, 0.29) is 6.61 Å². The maximum absolute atomic E-state index is 9.04. The first kappa shape index (κ1) is 10.7. The second-order valence-corrected chi connectivity index (χ2v) is 4.22. The molecule has 0 saturated heterocycles. The van der Waals surface area contributed by atoms with Crippen LogP contribution in [0.2, 0.25) is 5.02 Å². The smallest absolute Gasteiger partial charge is 0.147 e. The standard InChI is InChI=1S/C11H15ClN2O/c12-10-5-2-6-13-11(10)14(7-8-15)9-3-1-4-9/h2,5-6,9,15H,1,3-4,7-8H2. The molecule has 0 unspecified atom stereocenters. The Labute approximate surface area is 94.7 Å². The molecule has 3 nitrogen and oxygen atoms in total. The minimum Gasteiger partial charge on any atom is -0.395 e. The van der Waals surface area contributed by atoms with Gasteiger partial charge in [-0.1, -0.05) is 11.6 Å². The summed E-state index contributed by atoms with van der Waals surface area (Å²) in [5.74, 6) is 0.804. The second kappa shape index (κ2) is 4.81. The average molecular weight is 227 g/mol. The Hall–Kier alpha value is -0.800. The summed E-state index contributed by atoms with van der Waals surface area (Å²) >= 11 is 6.09. The molecule has 2 rings (SSSR count). The van der Waals surface area contributed by atoms with Gasteiger partial charge >= 0.3 is 0 Å². The Balaban J connectivity index is 2.19. The van der Waals surface area contributed by atoms with Gasteiger partial charge < -0.3 is 10.0 Å². The molecule has 82 valence electrons. The topological polar surface area (TPSA) is 36.4 Å². The van der Waals surface area contributed by atoms with Crippen molar-refractivity contribution in [2.75, 3.05) is 18.1 Å². The predicted octanol–water partition coefficient (Wildman–Crippen LogP) is 2.09. The largest absolute Gasteiger partial charge is 0.395 e. The number of aromatic nitrogens is 1. The Morgan fingerprint density at radius 1 is 1.53 bits per heavy atom. The molecule has 0 atom stereocenters. The van der Waals surface area contributed by atoms with Crippen molar-refractivity contribution in [3.05, 3.63) is 23.4 Å². The number of hydrogen-bond acceptors (Lipinski definition) is 3. The van der Waals surface area contributed by atoms with Gasteiger partial charge in [0, 0.05) is 18.8 Å². The van der Waals surface area contributed by atoms with Crippen LogP contribution in [0.5, 0.6) is 0 Å². The maximum atomic E-state index is 9.04. The molecular formula is C11H15ClN2O. The molecule has 0 aliphatic heterocycles. The lowest BCUT2D eigenvalue weighted by molar-refractivity contribution is 0.283. The molecule has 1 fully saturated rings. The number of halogens is 1. The molecule has 1 aliphatic carbocycles. The van der Waals surface area contributed by atoms with E-state index < -0.39 is 0 Å². The van der Waals surface area contributed by atoms with Gasteiger partial charge in [0.1, 0.15) is 5.82 Å². The number of rotatable bonds is 4. The minimum absolute atomic E-state index is 0.142. The molecule has 1 saturated carbocycles. The minimum atomic E-state index is 0.142.